The van der Waals surface area contributed by atoms with Crippen molar-refractivity contribution >= 4 is 17.4 Å². The molecular formula is C26H32N2O7. The monoisotopic (exact) mass is 484 g/mol. The molecular weight excluding hydrogens is 452 g/mol. The number of Topliss-reactive ketones (excluding diaryl/α,β-unsaturated/α-hetero) is 1. The van der Waals surface area contributed by atoms with E-state index in [0.717, 1.165) is 6.54 Å². The number of carbonyl (C=O) groups excluding carboxylic acids is 2. The van der Waals surface area contributed by atoms with E-state index in [4.69, 9.17) is 18.9 Å². The molecule has 1 heterocycles. The summed E-state index contributed by atoms with van der Waals surface area (Å²) >= 11 is 0. The number of aliphatic hydroxyl groups is 1. The van der Waals surface area contributed by atoms with Crippen molar-refractivity contribution in [3.8, 4) is 23.0 Å². The van der Waals surface area contributed by atoms with Crippen LogP contribution in [0, 0.1) is 0 Å². The van der Waals surface area contributed by atoms with E-state index in [1.165, 1.54) is 33.3 Å². The minimum absolute atomic E-state index is 0.0290. The molecule has 9 heteroatoms. The summed E-state index contributed by atoms with van der Waals surface area (Å²) in [5, 5.41) is 11.3. The maximum atomic E-state index is 13.3. The average Bonchev–Trinajstić information content (AvgIpc) is 3.11. The quantitative estimate of drug-likeness (QED) is 0.312. The molecule has 1 N–H and O–H groups in total. The summed E-state index contributed by atoms with van der Waals surface area (Å²) in [6.45, 7) is 1.04. The van der Waals surface area contributed by atoms with Crippen molar-refractivity contribution < 1.29 is 33.6 Å². The van der Waals surface area contributed by atoms with Crippen LogP contribution in [0.4, 0.5) is 0 Å². The molecule has 0 saturated carbocycles. The Labute approximate surface area is 205 Å². The lowest BCUT2D eigenvalue weighted by Gasteiger charge is -2.27. The molecule has 1 aliphatic heterocycles. The smallest absolute Gasteiger partial charge is 0.295 e. The number of hydrogen-bond acceptors (Lipinski definition) is 8. The molecule has 1 amide bonds. The zero-order valence-corrected chi connectivity index (χ0v) is 21.0. The Hall–Kier alpha value is -3.72. The maximum absolute atomic E-state index is 13.3. The fraction of sp³-hybridized carbons (Fsp3) is 0.385. The lowest BCUT2D eigenvalue weighted by molar-refractivity contribution is -0.140. The molecule has 188 valence electrons. The van der Waals surface area contributed by atoms with Gasteiger partial charge in [0.1, 0.15) is 5.76 Å². The Morgan fingerprint density at radius 2 is 1.63 bits per heavy atom. The number of aliphatic hydroxyl groups excluding tert-OH is 1. The summed E-state index contributed by atoms with van der Waals surface area (Å²) in [6.07, 6.45) is 0.638. The Morgan fingerprint density at radius 3 is 2.23 bits per heavy atom. The summed E-state index contributed by atoms with van der Waals surface area (Å²) in [5.74, 6) is -0.0638. The van der Waals surface area contributed by atoms with Crippen LogP contribution in [0.15, 0.2) is 42.0 Å². The molecule has 3 rings (SSSR count). The van der Waals surface area contributed by atoms with Crippen molar-refractivity contribution in [2.75, 3.05) is 55.6 Å². The summed E-state index contributed by atoms with van der Waals surface area (Å²) in [6, 6.07) is 9.18. The van der Waals surface area contributed by atoms with Crippen molar-refractivity contribution in [2.45, 2.75) is 12.5 Å². The Morgan fingerprint density at radius 1 is 0.943 bits per heavy atom. The van der Waals surface area contributed by atoms with Gasteiger partial charge in [0.15, 0.2) is 23.0 Å². The number of hydrogen-bond donors (Lipinski definition) is 1. The van der Waals surface area contributed by atoms with Gasteiger partial charge in [-0.05, 0) is 51.3 Å². The van der Waals surface area contributed by atoms with Gasteiger partial charge < -0.3 is 33.9 Å². The van der Waals surface area contributed by atoms with Crippen LogP contribution >= 0.6 is 0 Å². The van der Waals surface area contributed by atoms with Gasteiger partial charge in [-0.1, -0.05) is 12.1 Å². The number of ketones is 1. The van der Waals surface area contributed by atoms with E-state index >= 15 is 0 Å². The third-order valence-electron chi connectivity index (χ3n) is 5.93. The zero-order chi connectivity index (χ0) is 25.7. The van der Waals surface area contributed by atoms with Gasteiger partial charge in [0.05, 0.1) is 40.1 Å². The van der Waals surface area contributed by atoms with E-state index in [-0.39, 0.29) is 11.3 Å². The Balaban J connectivity index is 2.22. The lowest BCUT2D eigenvalue weighted by atomic mass is 9.94. The highest BCUT2D eigenvalue weighted by Crippen LogP contribution is 2.46. The normalized spacial score (nSPS) is 17.1. The number of nitrogens with zero attached hydrogens (tertiary/aromatic N) is 2. The van der Waals surface area contributed by atoms with Crippen molar-refractivity contribution in [3.05, 3.63) is 53.1 Å². The molecule has 2 aromatic rings. The third-order valence-corrected chi connectivity index (χ3v) is 5.93. The Kier molecular flexibility index (Phi) is 8.24. The van der Waals surface area contributed by atoms with Crippen molar-refractivity contribution in [1.82, 2.24) is 9.80 Å². The molecule has 0 spiro atoms. The highest BCUT2D eigenvalue weighted by Gasteiger charge is 2.47. The summed E-state index contributed by atoms with van der Waals surface area (Å²) in [5.41, 5.74) is 0.831. The van der Waals surface area contributed by atoms with Crippen molar-refractivity contribution in [1.29, 1.82) is 0 Å². The zero-order valence-electron chi connectivity index (χ0n) is 21.0. The van der Waals surface area contributed by atoms with Gasteiger partial charge in [0, 0.05) is 17.7 Å². The second kappa shape index (κ2) is 11.1. The van der Waals surface area contributed by atoms with Crippen LogP contribution in [0.1, 0.15) is 23.6 Å². The number of carbonyl (C=O) groups is 2. The van der Waals surface area contributed by atoms with E-state index in [9.17, 15) is 14.7 Å². The van der Waals surface area contributed by atoms with Gasteiger partial charge in [-0.15, -0.1) is 0 Å². The number of rotatable bonds is 10. The number of para-hydroxylation sites is 1. The predicted molar refractivity (Wildman–Crippen MR) is 131 cm³/mol. The van der Waals surface area contributed by atoms with Crippen LogP contribution in [-0.4, -0.2) is 82.2 Å². The first-order valence-corrected chi connectivity index (χ1v) is 11.1. The molecule has 1 saturated heterocycles. The molecule has 2 aromatic carbocycles. The molecule has 1 atom stereocenters. The van der Waals surface area contributed by atoms with E-state index < -0.39 is 17.7 Å². The second-order valence-electron chi connectivity index (χ2n) is 8.30. The molecule has 0 aromatic heterocycles. The van der Waals surface area contributed by atoms with Crippen molar-refractivity contribution in [3.63, 3.8) is 0 Å². The molecule has 0 radical (unpaired) electrons. The van der Waals surface area contributed by atoms with Gasteiger partial charge in [-0.25, -0.2) is 0 Å². The number of likely N-dealkylation sites (tertiary alicyclic amines) is 1. The van der Waals surface area contributed by atoms with Crippen LogP contribution in [0.25, 0.3) is 5.76 Å². The number of benzene rings is 2. The maximum Gasteiger partial charge on any atom is 0.295 e. The first kappa shape index (κ1) is 25.9. The summed E-state index contributed by atoms with van der Waals surface area (Å²) in [4.78, 5) is 30.0. The number of amides is 1. The largest absolute Gasteiger partial charge is 0.507 e. The van der Waals surface area contributed by atoms with E-state index in [0.29, 0.717) is 47.1 Å². The van der Waals surface area contributed by atoms with Crippen molar-refractivity contribution in [2.24, 2.45) is 0 Å². The lowest BCUT2D eigenvalue weighted by Crippen LogP contribution is -2.32. The fourth-order valence-electron chi connectivity index (χ4n) is 4.26. The van der Waals surface area contributed by atoms with Gasteiger partial charge in [0.2, 0.25) is 0 Å². The predicted octanol–water partition coefficient (Wildman–Crippen LogP) is 3.09. The number of ether oxygens (including phenoxy) is 4. The van der Waals surface area contributed by atoms with E-state index in [1.807, 2.05) is 19.0 Å². The van der Waals surface area contributed by atoms with Gasteiger partial charge in [-0.2, -0.15) is 0 Å². The van der Waals surface area contributed by atoms with Gasteiger partial charge >= 0.3 is 0 Å². The van der Waals surface area contributed by atoms with Crippen LogP contribution in [0.2, 0.25) is 0 Å². The minimum Gasteiger partial charge on any atom is -0.507 e. The molecule has 35 heavy (non-hydrogen) atoms. The molecule has 0 aliphatic carbocycles. The standard InChI is InChI=1S/C26H32N2O7/c1-27(2)13-8-14-28-22(17-9-7-10-19(33-4)25(17)35-6)21(24(30)26(28)31)23(29)16-11-12-18(32-3)20(15-16)34-5/h7,9-12,15,22,29H,8,13-14H2,1-6H3/t22-/m0/s1. The highest BCUT2D eigenvalue weighted by atomic mass is 16.5. The van der Waals surface area contributed by atoms with Crippen LogP contribution in [0.5, 0.6) is 23.0 Å². The van der Waals surface area contributed by atoms with Gasteiger partial charge in [-0.3, -0.25) is 9.59 Å². The Bertz CT molecular complexity index is 1130. The molecule has 1 fully saturated rings. The highest BCUT2D eigenvalue weighted by molar-refractivity contribution is 6.46. The first-order valence-electron chi connectivity index (χ1n) is 11.1. The van der Waals surface area contributed by atoms with Crippen LogP contribution in [-0.2, 0) is 9.59 Å². The summed E-state index contributed by atoms with van der Waals surface area (Å²) in [7, 11) is 9.87. The van der Waals surface area contributed by atoms with Crippen LogP contribution < -0.4 is 18.9 Å². The van der Waals surface area contributed by atoms with Gasteiger partial charge in [0.25, 0.3) is 11.7 Å². The average molecular weight is 485 g/mol. The fourth-order valence-corrected chi connectivity index (χ4v) is 4.26. The second-order valence-corrected chi connectivity index (χ2v) is 8.30. The minimum atomic E-state index is -0.865. The topological polar surface area (TPSA) is 97.8 Å². The molecule has 9 nitrogen and oxygen atoms in total. The van der Waals surface area contributed by atoms with Crippen LogP contribution in [0.3, 0.4) is 0 Å². The van der Waals surface area contributed by atoms with E-state index in [2.05, 4.69) is 0 Å². The SMILES string of the molecule is COc1ccc(C(O)=C2C(=O)C(=O)N(CCCN(C)C)[C@H]2c2cccc(OC)c2OC)cc1OC. The first-order chi connectivity index (χ1) is 16.8. The molecule has 0 bridgehead atoms. The summed E-state index contributed by atoms with van der Waals surface area (Å²) < 4.78 is 21.7. The number of methoxy groups -OCH3 is 4. The molecule has 0 unspecified atom stereocenters. The third kappa shape index (κ3) is 5.05. The van der Waals surface area contributed by atoms with E-state index in [1.54, 1.807) is 36.4 Å². The molecule has 1 aliphatic rings.